The molecule has 0 atom stereocenters. The zero-order chi connectivity index (χ0) is 9.97. The van der Waals surface area contributed by atoms with E-state index in [1.165, 1.54) is 43.6 Å². The number of nitrogens with zero attached hydrogens (tertiary/aromatic N) is 1. The van der Waals surface area contributed by atoms with Gasteiger partial charge >= 0.3 is 0 Å². The molecule has 0 radical (unpaired) electrons. The van der Waals surface area contributed by atoms with E-state index in [1.807, 2.05) is 0 Å². The summed E-state index contributed by atoms with van der Waals surface area (Å²) >= 11 is 4.54. The second-order valence-electron chi connectivity index (χ2n) is 4.04. The summed E-state index contributed by atoms with van der Waals surface area (Å²) in [6.07, 6.45) is 4.02. The molecule has 2 heteroatoms. The van der Waals surface area contributed by atoms with Crippen LogP contribution in [0.5, 0.6) is 0 Å². The van der Waals surface area contributed by atoms with E-state index >= 15 is 0 Å². The molecular weight excluding hydrogens is 190 g/mol. The molecule has 1 aromatic rings. The summed E-state index contributed by atoms with van der Waals surface area (Å²) in [5.74, 6) is 0. The Morgan fingerprint density at radius 1 is 1.14 bits per heavy atom. The van der Waals surface area contributed by atoms with Crippen molar-refractivity contribution in [2.75, 3.05) is 18.0 Å². The molecule has 2 rings (SSSR count). The van der Waals surface area contributed by atoms with Crippen LogP contribution >= 0.6 is 12.6 Å². The molecule has 1 fully saturated rings. The number of anilines is 1. The second-order valence-corrected chi connectivity index (χ2v) is 4.52. The number of thiol groups is 1. The fraction of sp³-hybridized carbons (Fsp3) is 0.500. The molecule has 0 amide bonds. The third-order valence-electron chi connectivity index (χ3n) is 2.83. The maximum Gasteiger partial charge on any atom is 0.0501 e. The van der Waals surface area contributed by atoms with Gasteiger partial charge in [-0.15, -0.1) is 12.6 Å². The standard InChI is InChI=1S/C12H17NS/c1-10-5-6-11(12(14)9-10)13-7-3-2-4-8-13/h5-6,9,14H,2-4,7-8H2,1H3. The molecule has 0 bridgehead atoms. The summed E-state index contributed by atoms with van der Waals surface area (Å²) in [5, 5.41) is 0. The van der Waals surface area contributed by atoms with E-state index in [1.54, 1.807) is 0 Å². The quantitative estimate of drug-likeness (QED) is 0.692. The van der Waals surface area contributed by atoms with Crippen molar-refractivity contribution in [3.8, 4) is 0 Å². The lowest BCUT2D eigenvalue weighted by Gasteiger charge is -2.29. The second kappa shape index (κ2) is 4.26. The molecule has 0 saturated carbocycles. The van der Waals surface area contributed by atoms with Gasteiger partial charge in [-0.3, -0.25) is 0 Å². The zero-order valence-corrected chi connectivity index (χ0v) is 9.56. The summed E-state index contributed by atoms with van der Waals surface area (Å²) < 4.78 is 0. The summed E-state index contributed by atoms with van der Waals surface area (Å²) in [6.45, 7) is 4.49. The van der Waals surface area contributed by atoms with Crippen LogP contribution in [0.1, 0.15) is 24.8 Å². The highest BCUT2D eigenvalue weighted by Gasteiger charge is 2.12. The van der Waals surface area contributed by atoms with Crippen molar-refractivity contribution < 1.29 is 0 Å². The van der Waals surface area contributed by atoms with E-state index in [2.05, 4.69) is 42.7 Å². The fourth-order valence-electron chi connectivity index (χ4n) is 2.04. The van der Waals surface area contributed by atoms with Crippen LogP contribution in [-0.2, 0) is 0 Å². The van der Waals surface area contributed by atoms with Gasteiger partial charge in [-0.05, 0) is 43.9 Å². The highest BCUT2D eigenvalue weighted by atomic mass is 32.1. The minimum Gasteiger partial charge on any atom is -0.371 e. The maximum atomic E-state index is 4.54. The third kappa shape index (κ3) is 2.06. The van der Waals surface area contributed by atoms with Gasteiger partial charge in [0.2, 0.25) is 0 Å². The van der Waals surface area contributed by atoms with Crippen LogP contribution in [0.25, 0.3) is 0 Å². The Labute approximate surface area is 91.5 Å². The average Bonchev–Trinajstić information content (AvgIpc) is 2.19. The van der Waals surface area contributed by atoms with Crippen molar-refractivity contribution in [3.05, 3.63) is 23.8 Å². The molecule has 0 spiro atoms. The first-order valence-corrected chi connectivity index (χ1v) is 5.76. The van der Waals surface area contributed by atoms with Gasteiger partial charge in [0, 0.05) is 18.0 Å². The van der Waals surface area contributed by atoms with Crippen LogP contribution in [0.15, 0.2) is 23.1 Å². The predicted octanol–water partition coefficient (Wildman–Crippen LogP) is 3.27. The van der Waals surface area contributed by atoms with Crippen molar-refractivity contribution in [2.45, 2.75) is 31.1 Å². The van der Waals surface area contributed by atoms with E-state index in [9.17, 15) is 0 Å². The van der Waals surface area contributed by atoms with E-state index in [-0.39, 0.29) is 0 Å². The normalized spacial score (nSPS) is 17.1. The highest BCUT2D eigenvalue weighted by Crippen LogP contribution is 2.27. The van der Waals surface area contributed by atoms with Crippen LogP contribution in [0.2, 0.25) is 0 Å². The summed E-state index contributed by atoms with van der Waals surface area (Å²) in [6, 6.07) is 6.51. The molecule has 1 aliphatic rings. The van der Waals surface area contributed by atoms with Gasteiger partial charge in [0.05, 0.1) is 5.69 Å². The van der Waals surface area contributed by atoms with Gasteiger partial charge < -0.3 is 4.90 Å². The minimum atomic E-state index is 1.12. The first kappa shape index (κ1) is 9.91. The number of benzene rings is 1. The lowest BCUT2D eigenvalue weighted by Crippen LogP contribution is -2.29. The Bertz CT molecular complexity index is 316. The molecule has 14 heavy (non-hydrogen) atoms. The number of hydrogen-bond donors (Lipinski definition) is 1. The van der Waals surface area contributed by atoms with Crippen molar-refractivity contribution in [1.82, 2.24) is 0 Å². The van der Waals surface area contributed by atoms with Crippen molar-refractivity contribution in [2.24, 2.45) is 0 Å². The predicted molar refractivity (Wildman–Crippen MR) is 64.5 cm³/mol. The van der Waals surface area contributed by atoms with Gasteiger partial charge in [0.15, 0.2) is 0 Å². The van der Waals surface area contributed by atoms with Crippen molar-refractivity contribution >= 4 is 18.3 Å². The molecule has 1 nitrogen and oxygen atoms in total. The largest absolute Gasteiger partial charge is 0.371 e. The minimum absolute atomic E-state index is 1.12. The SMILES string of the molecule is Cc1ccc(N2CCCCC2)c(S)c1. The van der Waals surface area contributed by atoms with E-state index < -0.39 is 0 Å². The molecule has 1 saturated heterocycles. The maximum absolute atomic E-state index is 4.54. The molecular formula is C12H17NS. The molecule has 1 aromatic carbocycles. The average molecular weight is 207 g/mol. The molecule has 0 aliphatic carbocycles. The molecule has 1 aliphatic heterocycles. The van der Waals surface area contributed by atoms with Crippen LogP contribution in [0.3, 0.4) is 0 Å². The van der Waals surface area contributed by atoms with Gasteiger partial charge in [0.25, 0.3) is 0 Å². The number of hydrogen-bond acceptors (Lipinski definition) is 2. The molecule has 0 aromatic heterocycles. The molecule has 0 N–H and O–H groups in total. The number of piperidine rings is 1. The lowest BCUT2D eigenvalue weighted by molar-refractivity contribution is 0.575. The third-order valence-corrected chi connectivity index (χ3v) is 3.19. The van der Waals surface area contributed by atoms with Gasteiger partial charge in [-0.1, -0.05) is 6.07 Å². The van der Waals surface area contributed by atoms with Crippen LogP contribution < -0.4 is 4.90 Å². The van der Waals surface area contributed by atoms with Gasteiger partial charge in [-0.25, -0.2) is 0 Å². The monoisotopic (exact) mass is 207 g/mol. The smallest absolute Gasteiger partial charge is 0.0501 e. The van der Waals surface area contributed by atoms with E-state index in [0.29, 0.717) is 0 Å². The number of rotatable bonds is 1. The first-order chi connectivity index (χ1) is 6.77. The van der Waals surface area contributed by atoms with Crippen LogP contribution in [0.4, 0.5) is 5.69 Å². The number of aryl methyl sites for hydroxylation is 1. The van der Waals surface area contributed by atoms with Crippen LogP contribution in [-0.4, -0.2) is 13.1 Å². The van der Waals surface area contributed by atoms with Crippen molar-refractivity contribution in [1.29, 1.82) is 0 Å². The molecule has 76 valence electrons. The topological polar surface area (TPSA) is 3.24 Å². The lowest BCUT2D eigenvalue weighted by atomic mass is 10.1. The summed E-state index contributed by atoms with van der Waals surface area (Å²) in [4.78, 5) is 3.57. The van der Waals surface area contributed by atoms with E-state index in [4.69, 9.17) is 0 Å². The Balaban J connectivity index is 2.22. The summed E-state index contributed by atoms with van der Waals surface area (Å²) in [5.41, 5.74) is 2.59. The van der Waals surface area contributed by atoms with Gasteiger partial charge in [0.1, 0.15) is 0 Å². The summed E-state index contributed by atoms with van der Waals surface area (Å²) in [7, 11) is 0. The van der Waals surface area contributed by atoms with Crippen molar-refractivity contribution in [3.63, 3.8) is 0 Å². The first-order valence-electron chi connectivity index (χ1n) is 5.32. The fourth-order valence-corrected chi connectivity index (χ4v) is 2.46. The Morgan fingerprint density at radius 3 is 2.50 bits per heavy atom. The van der Waals surface area contributed by atoms with E-state index in [0.717, 1.165) is 4.90 Å². The van der Waals surface area contributed by atoms with Gasteiger partial charge in [-0.2, -0.15) is 0 Å². The zero-order valence-electron chi connectivity index (χ0n) is 8.66. The Hall–Kier alpha value is -0.630. The molecule has 1 heterocycles. The Morgan fingerprint density at radius 2 is 1.86 bits per heavy atom. The highest BCUT2D eigenvalue weighted by molar-refractivity contribution is 7.80. The van der Waals surface area contributed by atoms with Crippen LogP contribution in [0, 0.1) is 6.92 Å². The Kier molecular flexibility index (Phi) is 3.02. The molecule has 0 unspecified atom stereocenters.